The van der Waals surface area contributed by atoms with E-state index in [2.05, 4.69) is 24.9 Å². The smallest absolute Gasteiger partial charge is 0.417 e. The summed E-state index contributed by atoms with van der Waals surface area (Å²) < 4.78 is 39.4. The molecule has 158 valence electrons. The van der Waals surface area contributed by atoms with Crippen molar-refractivity contribution in [3.63, 3.8) is 0 Å². The lowest BCUT2D eigenvalue weighted by atomic mass is 9.88. The summed E-state index contributed by atoms with van der Waals surface area (Å²) in [5.74, 6) is -1.39. The quantitative estimate of drug-likeness (QED) is 0.642. The molecule has 1 unspecified atom stereocenters. The van der Waals surface area contributed by atoms with Gasteiger partial charge in [-0.3, -0.25) is 4.79 Å². The molecule has 1 aliphatic carbocycles. The van der Waals surface area contributed by atoms with Crippen LogP contribution in [0.25, 0.3) is 22.3 Å². The molecule has 0 saturated heterocycles. The zero-order valence-corrected chi connectivity index (χ0v) is 15.9. The Kier molecular flexibility index (Phi) is 5.14. The maximum absolute atomic E-state index is 13.1. The van der Waals surface area contributed by atoms with Gasteiger partial charge in [0.05, 0.1) is 28.9 Å². The van der Waals surface area contributed by atoms with E-state index >= 15 is 0 Å². The maximum atomic E-state index is 13.1. The van der Waals surface area contributed by atoms with Gasteiger partial charge < -0.3 is 10.1 Å². The number of carbonyl (C=O) groups is 1. The van der Waals surface area contributed by atoms with Crippen LogP contribution >= 0.6 is 0 Å². The molecule has 31 heavy (non-hydrogen) atoms. The minimum Gasteiger partial charge on any atom is -0.481 e. The van der Waals surface area contributed by atoms with Crippen LogP contribution in [0.4, 0.5) is 19.1 Å². The van der Waals surface area contributed by atoms with E-state index in [9.17, 15) is 28.3 Å². The third-order valence-corrected chi connectivity index (χ3v) is 5.12. The molecule has 0 spiro atoms. The third-order valence-electron chi connectivity index (χ3n) is 5.12. The molecule has 0 radical (unpaired) electrons. The van der Waals surface area contributed by atoms with Crippen LogP contribution < -0.4 is 0 Å². The number of halogens is 3. The number of hydrogen-bond acceptors (Lipinski definition) is 6. The summed E-state index contributed by atoms with van der Waals surface area (Å²) in [5, 5.41) is 18.8. The van der Waals surface area contributed by atoms with Gasteiger partial charge in [0.1, 0.15) is 11.7 Å². The van der Waals surface area contributed by atoms with Crippen molar-refractivity contribution in [1.29, 1.82) is 5.26 Å². The normalized spacial score (nSPS) is 18.3. The van der Waals surface area contributed by atoms with Gasteiger partial charge in [-0.05, 0) is 31.7 Å². The number of fused-ring (bicyclic) bond motifs is 1. The second kappa shape index (κ2) is 7.79. The molecule has 1 atom stereocenters. The monoisotopic (exact) mass is 428 g/mol. The van der Waals surface area contributed by atoms with Crippen molar-refractivity contribution in [2.24, 2.45) is 10.9 Å². The molecule has 8 nitrogen and oxygen atoms in total. The van der Waals surface area contributed by atoms with E-state index in [0.717, 1.165) is 12.3 Å². The Bertz CT molecular complexity index is 1240. The van der Waals surface area contributed by atoms with Crippen molar-refractivity contribution in [2.75, 3.05) is 0 Å². The van der Waals surface area contributed by atoms with Crippen LogP contribution in [0.1, 0.15) is 36.8 Å². The number of rotatable bonds is 3. The van der Waals surface area contributed by atoms with E-state index in [1.807, 2.05) is 6.07 Å². The first-order chi connectivity index (χ1) is 14.8. The maximum Gasteiger partial charge on any atom is 0.417 e. The molecule has 1 saturated carbocycles. The van der Waals surface area contributed by atoms with Crippen molar-refractivity contribution in [3.8, 4) is 17.3 Å². The molecule has 1 aliphatic rings. The molecular formula is C20H15F3N6O2. The largest absolute Gasteiger partial charge is 0.481 e. The zero-order chi connectivity index (χ0) is 22.2. The first-order valence-corrected chi connectivity index (χ1v) is 9.37. The second-order valence-corrected chi connectivity index (χ2v) is 7.17. The first-order valence-electron chi connectivity index (χ1n) is 9.37. The van der Waals surface area contributed by atoms with Crippen molar-refractivity contribution in [3.05, 3.63) is 35.8 Å². The summed E-state index contributed by atoms with van der Waals surface area (Å²) in [4.78, 5) is 30.5. The summed E-state index contributed by atoms with van der Waals surface area (Å²) in [7, 11) is 0. The molecule has 4 rings (SSSR count). The predicted octanol–water partition coefficient (Wildman–Crippen LogP) is 4.26. The van der Waals surface area contributed by atoms with Crippen LogP contribution in [0, 0.1) is 17.2 Å². The lowest BCUT2D eigenvalue weighted by Crippen LogP contribution is -2.22. The Hall–Kier alpha value is -3.81. The summed E-state index contributed by atoms with van der Waals surface area (Å²) in [5.41, 5.74) is 0.380. The van der Waals surface area contributed by atoms with Gasteiger partial charge >= 0.3 is 12.1 Å². The van der Waals surface area contributed by atoms with Crippen molar-refractivity contribution >= 4 is 28.7 Å². The van der Waals surface area contributed by atoms with E-state index in [1.54, 1.807) is 0 Å². The van der Waals surface area contributed by atoms with Crippen LogP contribution in [0.3, 0.4) is 0 Å². The molecule has 0 aliphatic heterocycles. The van der Waals surface area contributed by atoms with Gasteiger partial charge in [0.15, 0.2) is 0 Å². The number of carboxylic acids is 1. The van der Waals surface area contributed by atoms with Crippen LogP contribution in [0.15, 0.2) is 29.6 Å². The predicted molar refractivity (Wildman–Crippen MR) is 104 cm³/mol. The lowest BCUT2D eigenvalue weighted by Gasteiger charge is -2.19. The average Bonchev–Trinajstić information content (AvgIpc) is 3.16. The van der Waals surface area contributed by atoms with E-state index in [-0.39, 0.29) is 40.2 Å². The highest BCUT2D eigenvalue weighted by atomic mass is 19.4. The van der Waals surface area contributed by atoms with Crippen molar-refractivity contribution in [2.45, 2.75) is 31.9 Å². The van der Waals surface area contributed by atoms with Gasteiger partial charge in [-0.25, -0.2) is 19.9 Å². The number of H-pyrrole nitrogens is 1. The van der Waals surface area contributed by atoms with E-state index < -0.39 is 23.6 Å². The van der Waals surface area contributed by atoms with Crippen LogP contribution in [-0.4, -0.2) is 36.7 Å². The van der Waals surface area contributed by atoms with Gasteiger partial charge in [0.2, 0.25) is 5.95 Å². The topological polar surface area (TPSA) is 128 Å². The molecule has 0 bridgehead atoms. The number of carboxylic acid groups (broad SMARTS) is 1. The highest BCUT2D eigenvalue weighted by molar-refractivity contribution is 5.94. The fourth-order valence-corrected chi connectivity index (χ4v) is 3.56. The number of aliphatic imine (C=N–C) groups is 1. The number of nitriles is 1. The zero-order valence-electron chi connectivity index (χ0n) is 15.9. The summed E-state index contributed by atoms with van der Waals surface area (Å²) in [6.45, 7) is 0. The van der Waals surface area contributed by atoms with Gasteiger partial charge in [0, 0.05) is 29.1 Å². The number of nitrogens with one attached hydrogen (secondary N) is 1. The molecule has 2 N–H and O–H groups in total. The summed E-state index contributed by atoms with van der Waals surface area (Å²) in [6.07, 6.45) is 0.961. The molecule has 0 aromatic carbocycles. The van der Waals surface area contributed by atoms with E-state index in [0.29, 0.717) is 25.0 Å². The van der Waals surface area contributed by atoms with E-state index in [4.69, 9.17) is 0 Å². The minimum absolute atomic E-state index is 0.0179. The molecule has 0 amide bonds. The summed E-state index contributed by atoms with van der Waals surface area (Å²) in [6, 6.07) is 2.88. The Morgan fingerprint density at radius 1 is 1.32 bits per heavy atom. The fourth-order valence-electron chi connectivity index (χ4n) is 3.56. The number of aliphatic carboxylic acids is 1. The average molecular weight is 428 g/mol. The standard InChI is InChI=1S/C20H15F3N6O2/c21-20(22,23)12-5-14-15(9-26-17(14)25-8-12)16-11(6-24)7-27-19(29-16)28-13-3-1-2-10(4-13)18(30)31/h5,7-10H,1-4H2,(H,25,26)(H,30,31). The van der Waals surface area contributed by atoms with Crippen molar-refractivity contribution in [1.82, 2.24) is 19.9 Å². The Morgan fingerprint density at radius 2 is 2.13 bits per heavy atom. The highest BCUT2D eigenvalue weighted by Gasteiger charge is 2.32. The molecular weight excluding hydrogens is 413 g/mol. The minimum atomic E-state index is -4.57. The van der Waals surface area contributed by atoms with Gasteiger partial charge in [0.25, 0.3) is 0 Å². The van der Waals surface area contributed by atoms with Crippen LogP contribution in [0.5, 0.6) is 0 Å². The lowest BCUT2D eigenvalue weighted by molar-refractivity contribution is -0.142. The highest BCUT2D eigenvalue weighted by Crippen LogP contribution is 2.35. The van der Waals surface area contributed by atoms with Gasteiger partial charge in [-0.1, -0.05) is 0 Å². The van der Waals surface area contributed by atoms with Crippen LogP contribution in [-0.2, 0) is 11.0 Å². The molecule has 11 heteroatoms. The number of aromatic amines is 1. The van der Waals surface area contributed by atoms with Gasteiger partial charge in [-0.15, -0.1) is 0 Å². The molecule has 3 aromatic heterocycles. The number of alkyl halides is 3. The Morgan fingerprint density at radius 3 is 2.84 bits per heavy atom. The van der Waals surface area contributed by atoms with Crippen molar-refractivity contribution < 1.29 is 23.1 Å². The summed E-state index contributed by atoms with van der Waals surface area (Å²) >= 11 is 0. The molecule has 3 aromatic rings. The van der Waals surface area contributed by atoms with Gasteiger partial charge in [-0.2, -0.15) is 18.4 Å². The van der Waals surface area contributed by atoms with Crippen LogP contribution in [0.2, 0.25) is 0 Å². The Labute approximate surface area is 173 Å². The van der Waals surface area contributed by atoms with E-state index in [1.165, 1.54) is 12.4 Å². The number of aromatic nitrogens is 4. The molecule has 3 heterocycles. The third kappa shape index (κ3) is 4.09. The fraction of sp³-hybridized carbons (Fsp3) is 0.300. The second-order valence-electron chi connectivity index (χ2n) is 7.17. The number of hydrogen-bond donors (Lipinski definition) is 2. The molecule has 1 fully saturated rings. The Balaban J connectivity index is 1.78. The number of nitrogens with zero attached hydrogens (tertiary/aromatic N) is 5. The first kappa shape index (κ1) is 20.5. The number of pyridine rings is 1. The SMILES string of the molecule is N#Cc1cnc(N=C2CCCC(C(=O)O)C2)nc1-c1c[nH]c2ncc(C(F)(F)F)cc12.